The molecule has 0 fully saturated rings. The number of fused-ring (bicyclic) bond motifs is 2. The SMILES string of the molecule is CN(Cc1csc2ccccc12)C(=O)Nc1nc2c(s1)CCCC2. The Morgan fingerprint density at radius 1 is 1.29 bits per heavy atom. The van der Waals surface area contributed by atoms with E-state index < -0.39 is 0 Å². The highest BCUT2D eigenvalue weighted by Crippen LogP contribution is 2.30. The Balaban J connectivity index is 1.45. The molecule has 0 unspecified atom stereocenters. The van der Waals surface area contributed by atoms with Crippen molar-refractivity contribution in [2.24, 2.45) is 0 Å². The van der Waals surface area contributed by atoms with Crippen LogP contribution in [0.3, 0.4) is 0 Å². The minimum atomic E-state index is -0.101. The number of hydrogen-bond donors (Lipinski definition) is 1. The lowest BCUT2D eigenvalue weighted by atomic mass is 10.0. The van der Waals surface area contributed by atoms with E-state index in [1.54, 1.807) is 27.6 Å². The molecule has 1 aliphatic rings. The largest absolute Gasteiger partial charge is 0.323 e. The fourth-order valence-corrected chi connectivity index (χ4v) is 5.07. The third kappa shape index (κ3) is 3.03. The van der Waals surface area contributed by atoms with Gasteiger partial charge in [-0.25, -0.2) is 9.78 Å². The number of aryl methyl sites for hydroxylation is 2. The van der Waals surface area contributed by atoms with Crippen LogP contribution in [0.1, 0.15) is 29.0 Å². The highest BCUT2D eigenvalue weighted by molar-refractivity contribution is 7.17. The van der Waals surface area contributed by atoms with Gasteiger partial charge in [0, 0.05) is 23.2 Å². The molecule has 0 spiro atoms. The van der Waals surface area contributed by atoms with Crippen LogP contribution < -0.4 is 5.32 Å². The minimum Gasteiger partial charge on any atom is -0.323 e. The van der Waals surface area contributed by atoms with Gasteiger partial charge in [-0.2, -0.15) is 0 Å². The van der Waals surface area contributed by atoms with Gasteiger partial charge in [0.15, 0.2) is 5.13 Å². The first-order valence-electron chi connectivity index (χ1n) is 8.16. The summed E-state index contributed by atoms with van der Waals surface area (Å²) >= 11 is 3.35. The number of benzene rings is 1. The smallest absolute Gasteiger partial charge is 0.323 e. The molecule has 1 aliphatic carbocycles. The second-order valence-corrected chi connectivity index (χ2v) is 8.13. The van der Waals surface area contributed by atoms with Crippen molar-refractivity contribution in [3.05, 3.63) is 45.8 Å². The van der Waals surface area contributed by atoms with Gasteiger partial charge in [-0.05, 0) is 48.1 Å². The summed E-state index contributed by atoms with van der Waals surface area (Å²) in [5.74, 6) is 0. The van der Waals surface area contributed by atoms with Gasteiger partial charge in [-0.1, -0.05) is 18.2 Å². The Labute approximate surface area is 149 Å². The molecule has 0 aliphatic heterocycles. The van der Waals surface area contributed by atoms with Crippen LogP contribution >= 0.6 is 22.7 Å². The second-order valence-electron chi connectivity index (χ2n) is 6.14. The zero-order valence-corrected chi connectivity index (χ0v) is 15.2. The van der Waals surface area contributed by atoms with E-state index in [0.29, 0.717) is 6.54 Å². The van der Waals surface area contributed by atoms with E-state index >= 15 is 0 Å². The van der Waals surface area contributed by atoms with Crippen LogP contribution in [0, 0.1) is 0 Å². The molecule has 0 radical (unpaired) electrons. The standard InChI is InChI=1S/C18H19N3OS2/c1-21(10-12-11-23-15-8-4-2-6-13(12)15)18(22)20-17-19-14-7-3-5-9-16(14)24-17/h2,4,6,8,11H,3,5,7,9-10H2,1H3,(H,19,20,22). The molecule has 0 bridgehead atoms. The number of rotatable bonds is 3. The highest BCUT2D eigenvalue weighted by Gasteiger charge is 2.18. The van der Waals surface area contributed by atoms with Crippen LogP contribution in [-0.2, 0) is 19.4 Å². The first-order chi connectivity index (χ1) is 11.7. The number of aromatic nitrogens is 1. The first-order valence-corrected chi connectivity index (χ1v) is 9.86. The minimum absolute atomic E-state index is 0.101. The van der Waals surface area contributed by atoms with Crippen LogP contribution in [0.4, 0.5) is 9.93 Å². The van der Waals surface area contributed by atoms with Crippen LogP contribution in [0.2, 0.25) is 0 Å². The topological polar surface area (TPSA) is 45.2 Å². The fraction of sp³-hybridized carbons (Fsp3) is 0.333. The molecule has 4 nitrogen and oxygen atoms in total. The van der Waals surface area contributed by atoms with Gasteiger partial charge in [0.2, 0.25) is 0 Å². The van der Waals surface area contributed by atoms with E-state index in [2.05, 4.69) is 27.8 Å². The van der Waals surface area contributed by atoms with Gasteiger partial charge < -0.3 is 4.90 Å². The highest BCUT2D eigenvalue weighted by atomic mass is 32.1. The van der Waals surface area contributed by atoms with Crippen molar-refractivity contribution in [3.63, 3.8) is 0 Å². The maximum absolute atomic E-state index is 12.5. The quantitative estimate of drug-likeness (QED) is 0.724. The van der Waals surface area contributed by atoms with Crippen molar-refractivity contribution in [1.29, 1.82) is 0 Å². The average molecular weight is 358 g/mol. The van der Waals surface area contributed by atoms with Crippen LogP contribution in [0.5, 0.6) is 0 Å². The Morgan fingerprint density at radius 2 is 2.12 bits per heavy atom. The Bertz CT molecular complexity index is 860. The van der Waals surface area contributed by atoms with Gasteiger partial charge in [0.25, 0.3) is 0 Å². The summed E-state index contributed by atoms with van der Waals surface area (Å²) in [7, 11) is 1.83. The van der Waals surface area contributed by atoms with E-state index in [0.717, 1.165) is 18.0 Å². The molecular formula is C18H19N3OS2. The monoisotopic (exact) mass is 357 g/mol. The van der Waals surface area contributed by atoms with Crippen molar-refractivity contribution in [1.82, 2.24) is 9.88 Å². The molecule has 124 valence electrons. The average Bonchev–Trinajstić information content (AvgIpc) is 3.18. The Morgan fingerprint density at radius 3 is 3.00 bits per heavy atom. The number of nitrogens with one attached hydrogen (secondary N) is 1. The van der Waals surface area contributed by atoms with Crippen molar-refractivity contribution in [2.75, 3.05) is 12.4 Å². The summed E-state index contributed by atoms with van der Waals surface area (Å²) in [5, 5.41) is 7.05. The lowest BCUT2D eigenvalue weighted by molar-refractivity contribution is 0.221. The number of nitrogens with zero attached hydrogens (tertiary/aromatic N) is 2. The van der Waals surface area contributed by atoms with Crippen LogP contribution in [0.15, 0.2) is 29.6 Å². The number of thiophene rings is 1. The molecule has 2 aromatic heterocycles. The van der Waals surface area contributed by atoms with Gasteiger partial charge in [0.1, 0.15) is 0 Å². The number of urea groups is 1. The number of amides is 2. The lowest BCUT2D eigenvalue weighted by Crippen LogP contribution is -2.30. The number of thiazole rings is 1. The Kier molecular flexibility index (Phi) is 4.24. The van der Waals surface area contributed by atoms with Gasteiger partial charge in [-0.15, -0.1) is 22.7 Å². The zero-order chi connectivity index (χ0) is 16.5. The summed E-state index contributed by atoms with van der Waals surface area (Å²) in [6.07, 6.45) is 4.57. The van der Waals surface area contributed by atoms with Crippen molar-refractivity contribution in [2.45, 2.75) is 32.2 Å². The molecule has 0 atom stereocenters. The number of anilines is 1. The first kappa shape index (κ1) is 15.6. The maximum Gasteiger partial charge on any atom is 0.323 e. The lowest BCUT2D eigenvalue weighted by Gasteiger charge is -2.16. The van der Waals surface area contributed by atoms with Crippen molar-refractivity contribution in [3.8, 4) is 0 Å². The van der Waals surface area contributed by atoms with Crippen molar-refractivity contribution < 1.29 is 4.79 Å². The molecule has 4 rings (SSSR count). The molecule has 24 heavy (non-hydrogen) atoms. The normalized spacial score (nSPS) is 13.7. The molecule has 3 aromatic rings. The van der Waals surface area contributed by atoms with Crippen molar-refractivity contribution >= 4 is 43.9 Å². The summed E-state index contributed by atoms with van der Waals surface area (Å²) in [6.45, 7) is 0.598. The van der Waals surface area contributed by atoms with Gasteiger partial charge >= 0.3 is 6.03 Å². The fourth-order valence-electron chi connectivity index (χ4n) is 3.07. The predicted molar refractivity (Wildman–Crippen MR) is 101 cm³/mol. The molecule has 0 saturated carbocycles. The Hall–Kier alpha value is -1.92. The van der Waals surface area contributed by atoms with E-state index in [-0.39, 0.29) is 6.03 Å². The third-order valence-corrected chi connectivity index (χ3v) is 6.46. The van der Waals surface area contributed by atoms with Gasteiger partial charge in [-0.3, -0.25) is 5.32 Å². The summed E-state index contributed by atoms with van der Waals surface area (Å²) < 4.78 is 1.26. The van der Waals surface area contributed by atoms with Crippen LogP contribution in [-0.4, -0.2) is 23.0 Å². The van der Waals surface area contributed by atoms with E-state index in [9.17, 15) is 4.79 Å². The molecule has 6 heteroatoms. The van der Waals surface area contributed by atoms with E-state index in [1.807, 2.05) is 19.2 Å². The molecule has 0 saturated heterocycles. The molecule has 1 N–H and O–H groups in total. The van der Waals surface area contributed by atoms with Crippen LogP contribution in [0.25, 0.3) is 10.1 Å². The van der Waals surface area contributed by atoms with Gasteiger partial charge in [0.05, 0.1) is 5.69 Å². The molecular weight excluding hydrogens is 338 g/mol. The summed E-state index contributed by atoms with van der Waals surface area (Å²) in [5.41, 5.74) is 2.36. The second kappa shape index (κ2) is 6.53. The number of carbonyl (C=O) groups excluding carboxylic acids is 1. The van der Waals surface area contributed by atoms with E-state index in [4.69, 9.17) is 0 Å². The zero-order valence-electron chi connectivity index (χ0n) is 13.5. The number of hydrogen-bond acceptors (Lipinski definition) is 4. The molecule has 2 heterocycles. The third-order valence-electron chi connectivity index (χ3n) is 4.37. The van der Waals surface area contributed by atoms with E-state index in [1.165, 1.54) is 39.1 Å². The molecule has 2 amide bonds. The maximum atomic E-state index is 12.5. The summed E-state index contributed by atoms with van der Waals surface area (Å²) in [6, 6.07) is 8.21. The number of carbonyl (C=O) groups is 1. The summed E-state index contributed by atoms with van der Waals surface area (Å²) in [4.78, 5) is 20.1. The predicted octanol–water partition coefficient (Wildman–Crippen LogP) is 4.90. The molecule has 1 aromatic carbocycles.